The minimum Gasteiger partial charge on any atom is -0.261 e. The fourth-order valence-electron chi connectivity index (χ4n) is 2.83. The number of nitrogens with zero attached hydrogens (tertiary/aromatic N) is 2. The minimum absolute atomic E-state index is 0.267. The van der Waals surface area contributed by atoms with Gasteiger partial charge in [-0.3, -0.25) is 9.82 Å². The number of fused-ring (bicyclic) bond motifs is 2. The van der Waals surface area contributed by atoms with Crippen molar-refractivity contribution in [3.63, 3.8) is 0 Å². The molecule has 1 aliphatic carbocycles. The van der Waals surface area contributed by atoms with E-state index in [-0.39, 0.29) is 10.7 Å². The second-order valence-corrected chi connectivity index (χ2v) is 7.04. The largest absolute Gasteiger partial charge is 0.263 e. The van der Waals surface area contributed by atoms with Crippen molar-refractivity contribution in [1.29, 1.82) is 0 Å². The van der Waals surface area contributed by atoms with Gasteiger partial charge in [0, 0.05) is 6.20 Å². The topological polar surface area (TPSA) is 87.7 Å². The van der Waals surface area contributed by atoms with Crippen molar-refractivity contribution >= 4 is 26.9 Å². The zero-order chi connectivity index (χ0) is 15.2. The second kappa shape index (κ2) is 4.81. The van der Waals surface area contributed by atoms with E-state index in [1.165, 1.54) is 5.56 Å². The Hall–Kier alpha value is -2.41. The van der Waals surface area contributed by atoms with Crippen LogP contribution in [0.5, 0.6) is 0 Å². The molecule has 0 aliphatic heterocycles. The summed E-state index contributed by atoms with van der Waals surface area (Å²) >= 11 is 0. The summed E-state index contributed by atoms with van der Waals surface area (Å²) in [6.07, 6.45) is 4.67. The Balaban J connectivity index is 1.72. The van der Waals surface area contributed by atoms with Crippen molar-refractivity contribution in [3.8, 4) is 0 Å². The van der Waals surface area contributed by atoms with Crippen LogP contribution in [-0.4, -0.2) is 23.6 Å². The van der Waals surface area contributed by atoms with Gasteiger partial charge in [0.05, 0.1) is 10.3 Å². The number of nitrogens with one attached hydrogen (secondary N) is 2. The highest BCUT2D eigenvalue weighted by Gasteiger charge is 2.20. The molecule has 0 amide bonds. The summed E-state index contributed by atoms with van der Waals surface area (Å²) in [5.41, 5.74) is 2.92. The molecule has 3 aromatic rings. The number of aromatic amines is 1. The van der Waals surface area contributed by atoms with Gasteiger partial charge in [-0.05, 0) is 54.7 Å². The number of benzene rings is 1. The molecule has 112 valence electrons. The van der Waals surface area contributed by atoms with Gasteiger partial charge in [0.15, 0.2) is 11.5 Å². The van der Waals surface area contributed by atoms with Crippen LogP contribution in [0.3, 0.4) is 0 Å². The Morgan fingerprint density at radius 1 is 1.14 bits per heavy atom. The minimum atomic E-state index is -3.66. The standard InChI is InChI=1S/C15H14N4O2S/c20-22(21,12-7-6-10-3-1-4-11(10)9-12)19-15-13-5-2-8-16-14(13)17-18-15/h2,5-9H,1,3-4H2,(H2,16,17,18,19). The van der Waals surface area contributed by atoms with Gasteiger partial charge in [-0.2, -0.15) is 5.10 Å². The van der Waals surface area contributed by atoms with Crippen LogP contribution in [0.15, 0.2) is 41.4 Å². The molecule has 6 nitrogen and oxygen atoms in total. The lowest BCUT2D eigenvalue weighted by molar-refractivity contribution is 0.601. The first-order valence-electron chi connectivity index (χ1n) is 7.07. The van der Waals surface area contributed by atoms with Crippen LogP contribution in [0.25, 0.3) is 11.0 Å². The fraction of sp³-hybridized carbons (Fsp3) is 0.200. The van der Waals surface area contributed by atoms with Crippen LogP contribution in [-0.2, 0) is 22.9 Å². The molecular weight excluding hydrogens is 300 g/mol. The summed E-state index contributed by atoms with van der Waals surface area (Å²) < 4.78 is 27.7. The zero-order valence-corrected chi connectivity index (χ0v) is 12.5. The predicted octanol–water partition coefficient (Wildman–Crippen LogP) is 2.25. The van der Waals surface area contributed by atoms with Crippen LogP contribution >= 0.6 is 0 Å². The van der Waals surface area contributed by atoms with E-state index in [1.54, 1.807) is 30.5 Å². The number of hydrogen-bond donors (Lipinski definition) is 2. The molecule has 0 unspecified atom stereocenters. The Morgan fingerprint density at radius 3 is 2.91 bits per heavy atom. The molecule has 0 spiro atoms. The molecule has 1 aliphatic rings. The number of anilines is 1. The molecule has 2 heterocycles. The Kier molecular flexibility index (Phi) is 2.90. The molecule has 0 fully saturated rings. The van der Waals surface area contributed by atoms with Crippen molar-refractivity contribution in [2.24, 2.45) is 0 Å². The Morgan fingerprint density at radius 2 is 2.00 bits per heavy atom. The van der Waals surface area contributed by atoms with E-state index in [0.29, 0.717) is 11.0 Å². The number of H-pyrrole nitrogens is 1. The smallest absolute Gasteiger partial charge is 0.261 e. The molecule has 2 aromatic heterocycles. The second-order valence-electron chi connectivity index (χ2n) is 5.36. The highest BCUT2D eigenvalue weighted by atomic mass is 32.2. The fourth-order valence-corrected chi connectivity index (χ4v) is 3.91. The van der Waals surface area contributed by atoms with Crippen LogP contribution < -0.4 is 4.72 Å². The normalized spacial score (nSPS) is 14.2. The third-order valence-corrected chi connectivity index (χ3v) is 5.28. The monoisotopic (exact) mass is 314 g/mol. The van der Waals surface area contributed by atoms with E-state index in [4.69, 9.17) is 0 Å². The van der Waals surface area contributed by atoms with E-state index >= 15 is 0 Å². The maximum Gasteiger partial charge on any atom is 0.263 e. The first-order valence-corrected chi connectivity index (χ1v) is 8.55. The van der Waals surface area contributed by atoms with E-state index < -0.39 is 10.0 Å². The van der Waals surface area contributed by atoms with E-state index in [2.05, 4.69) is 19.9 Å². The quantitative estimate of drug-likeness (QED) is 0.776. The third kappa shape index (κ3) is 2.14. The van der Waals surface area contributed by atoms with Gasteiger partial charge in [-0.1, -0.05) is 6.07 Å². The number of sulfonamides is 1. The van der Waals surface area contributed by atoms with E-state index in [9.17, 15) is 8.42 Å². The van der Waals surface area contributed by atoms with Crippen LogP contribution in [0.1, 0.15) is 17.5 Å². The molecule has 2 N–H and O–H groups in total. The van der Waals surface area contributed by atoms with Crippen LogP contribution in [0, 0.1) is 0 Å². The van der Waals surface area contributed by atoms with Crippen molar-refractivity contribution < 1.29 is 8.42 Å². The summed E-state index contributed by atoms with van der Waals surface area (Å²) in [6.45, 7) is 0. The molecule has 0 saturated carbocycles. The highest BCUT2D eigenvalue weighted by molar-refractivity contribution is 7.92. The molecule has 7 heteroatoms. The molecule has 0 radical (unpaired) electrons. The predicted molar refractivity (Wildman–Crippen MR) is 83.2 cm³/mol. The highest BCUT2D eigenvalue weighted by Crippen LogP contribution is 2.26. The average Bonchev–Trinajstić information content (AvgIpc) is 3.13. The van der Waals surface area contributed by atoms with Gasteiger partial charge < -0.3 is 0 Å². The number of aryl methyl sites for hydroxylation is 2. The first-order chi connectivity index (χ1) is 10.6. The van der Waals surface area contributed by atoms with Crippen molar-refractivity contribution in [1.82, 2.24) is 15.2 Å². The summed E-state index contributed by atoms with van der Waals surface area (Å²) in [5, 5.41) is 7.36. The molecule has 0 atom stereocenters. The van der Waals surface area contributed by atoms with E-state index in [1.807, 2.05) is 6.07 Å². The number of pyridine rings is 1. The maximum absolute atomic E-state index is 12.6. The van der Waals surface area contributed by atoms with Gasteiger partial charge in [0.1, 0.15) is 0 Å². The van der Waals surface area contributed by atoms with Gasteiger partial charge in [-0.25, -0.2) is 13.4 Å². The summed E-state index contributed by atoms with van der Waals surface area (Å²) in [5.74, 6) is 0.267. The SMILES string of the molecule is O=S(=O)(Nc1n[nH]c2ncccc12)c1ccc2c(c1)CCC2. The number of aromatic nitrogens is 3. The Labute approximate surface area is 127 Å². The molecule has 0 bridgehead atoms. The average molecular weight is 314 g/mol. The number of hydrogen-bond acceptors (Lipinski definition) is 4. The molecular formula is C15H14N4O2S. The van der Waals surface area contributed by atoms with Crippen LogP contribution in [0.4, 0.5) is 5.82 Å². The van der Waals surface area contributed by atoms with Gasteiger partial charge in [0.2, 0.25) is 0 Å². The van der Waals surface area contributed by atoms with Gasteiger partial charge in [0.25, 0.3) is 10.0 Å². The van der Waals surface area contributed by atoms with Crippen LogP contribution in [0.2, 0.25) is 0 Å². The van der Waals surface area contributed by atoms with E-state index in [0.717, 1.165) is 24.8 Å². The number of rotatable bonds is 3. The summed E-state index contributed by atoms with van der Waals surface area (Å²) in [7, 11) is -3.66. The third-order valence-electron chi connectivity index (χ3n) is 3.95. The molecule has 1 aromatic carbocycles. The lowest BCUT2D eigenvalue weighted by atomic mass is 10.1. The lowest BCUT2D eigenvalue weighted by Crippen LogP contribution is -2.13. The first kappa shape index (κ1) is 13.3. The van der Waals surface area contributed by atoms with Crippen molar-refractivity contribution in [3.05, 3.63) is 47.7 Å². The molecule has 4 rings (SSSR count). The van der Waals surface area contributed by atoms with Crippen molar-refractivity contribution in [2.45, 2.75) is 24.2 Å². The van der Waals surface area contributed by atoms with Crippen molar-refractivity contribution in [2.75, 3.05) is 4.72 Å². The lowest BCUT2D eigenvalue weighted by Gasteiger charge is -2.08. The van der Waals surface area contributed by atoms with Gasteiger partial charge >= 0.3 is 0 Å². The molecule has 0 saturated heterocycles. The summed E-state index contributed by atoms with van der Waals surface area (Å²) in [6, 6.07) is 8.83. The maximum atomic E-state index is 12.6. The molecule has 22 heavy (non-hydrogen) atoms. The zero-order valence-electron chi connectivity index (χ0n) is 11.7. The Bertz CT molecular complexity index is 963. The van der Waals surface area contributed by atoms with Gasteiger partial charge in [-0.15, -0.1) is 0 Å². The summed E-state index contributed by atoms with van der Waals surface area (Å²) in [4.78, 5) is 4.37.